The molecule has 1 aromatic rings. The average molecular weight is 212 g/mol. The van der Waals surface area contributed by atoms with Gasteiger partial charge in [0.1, 0.15) is 11.4 Å². The Kier molecular flexibility index (Phi) is 3.55. The van der Waals surface area contributed by atoms with E-state index in [2.05, 4.69) is 4.74 Å². The monoisotopic (exact) mass is 212 g/mol. The maximum absolute atomic E-state index is 13.3. The fourth-order valence-electron chi connectivity index (χ4n) is 1.20. The van der Waals surface area contributed by atoms with E-state index in [4.69, 9.17) is 0 Å². The molecular formula is C11H10F2O2. The summed E-state index contributed by atoms with van der Waals surface area (Å²) in [7, 11) is 1.18. The van der Waals surface area contributed by atoms with Crippen LogP contribution in [0.5, 0.6) is 5.75 Å². The minimum absolute atomic E-state index is 0.363. The average Bonchev–Trinajstić information content (AvgIpc) is 2.21. The second-order valence-corrected chi connectivity index (χ2v) is 2.80. The molecule has 0 spiro atoms. The molecule has 4 heteroatoms. The molecule has 1 aromatic carbocycles. The SMILES string of the molecule is C/C=C/C(=O)c1c(F)ccc(F)c1OC. The van der Waals surface area contributed by atoms with E-state index in [-0.39, 0.29) is 11.3 Å². The first-order valence-electron chi connectivity index (χ1n) is 4.30. The van der Waals surface area contributed by atoms with Gasteiger partial charge >= 0.3 is 0 Å². The molecule has 0 unspecified atom stereocenters. The third-order valence-electron chi connectivity index (χ3n) is 1.83. The van der Waals surface area contributed by atoms with Gasteiger partial charge in [0, 0.05) is 0 Å². The maximum atomic E-state index is 13.3. The highest BCUT2D eigenvalue weighted by molar-refractivity contribution is 6.06. The number of rotatable bonds is 3. The minimum atomic E-state index is -0.795. The van der Waals surface area contributed by atoms with Crippen molar-refractivity contribution in [1.82, 2.24) is 0 Å². The van der Waals surface area contributed by atoms with Crippen LogP contribution in [0.4, 0.5) is 8.78 Å². The zero-order chi connectivity index (χ0) is 11.4. The Hall–Kier alpha value is -1.71. The van der Waals surface area contributed by atoms with Crippen LogP contribution in [0.2, 0.25) is 0 Å². The molecule has 0 heterocycles. The third kappa shape index (κ3) is 2.21. The van der Waals surface area contributed by atoms with Crippen molar-refractivity contribution >= 4 is 5.78 Å². The summed E-state index contributed by atoms with van der Waals surface area (Å²) in [5, 5.41) is 0. The lowest BCUT2D eigenvalue weighted by Gasteiger charge is -2.07. The number of carbonyl (C=O) groups excluding carboxylic acids is 1. The summed E-state index contributed by atoms with van der Waals surface area (Å²) in [4.78, 5) is 11.4. The van der Waals surface area contributed by atoms with Crippen LogP contribution in [-0.4, -0.2) is 12.9 Å². The molecule has 0 aliphatic heterocycles. The zero-order valence-corrected chi connectivity index (χ0v) is 8.38. The highest BCUT2D eigenvalue weighted by Crippen LogP contribution is 2.25. The molecule has 0 aliphatic rings. The van der Waals surface area contributed by atoms with Crippen molar-refractivity contribution in [3.63, 3.8) is 0 Å². The van der Waals surface area contributed by atoms with Crippen LogP contribution in [-0.2, 0) is 0 Å². The van der Waals surface area contributed by atoms with Gasteiger partial charge in [0.2, 0.25) is 0 Å². The van der Waals surface area contributed by atoms with E-state index >= 15 is 0 Å². The van der Waals surface area contributed by atoms with Gasteiger partial charge in [0.05, 0.1) is 7.11 Å². The molecule has 0 fully saturated rings. The van der Waals surface area contributed by atoms with Crippen molar-refractivity contribution in [3.05, 3.63) is 41.5 Å². The van der Waals surface area contributed by atoms with Gasteiger partial charge in [-0.05, 0) is 25.1 Å². The third-order valence-corrected chi connectivity index (χ3v) is 1.83. The highest BCUT2D eigenvalue weighted by atomic mass is 19.1. The normalized spacial score (nSPS) is 10.7. The van der Waals surface area contributed by atoms with Crippen molar-refractivity contribution in [2.45, 2.75) is 6.92 Å². The van der Waals surface area contributed by atoms with E-state index in [1.807, 2.05) is 0 Å². The number of ketones is 1. The summed E-state index contributed by atoms with van der Waals surface area (Å²) in [5.74, 6) is -2.53. The van der Waals surface area contributed by atoms with Gasteiger partial charge in [-0.15, -0.1) is 0 Å². The number of halogens is 2. The molecule has 15 heavy (non-hydrogen) atoms. The lowest BCUT2D eigenvalue weighted by molar-refractivity contribution is 0.103. The van der Waals surface area contributed by atoms with Crippen LogP contribution in [0.1, 0.15) is 17.3 Å². The van der Waals surface area contributed by atoms with Gasteiger partial charge < -0.3 is 4.74 Å². The van der Waals surface area contributed by atoms with Crippen LogP contribution in [0.3, 0.4) is 0 Å². The van der Waals surface area contributed by atoms with Crippen molar-refractivity contribution in [3.8, 4) is 5.75 Å². The predicted molar refractivity (Wildman–Crippen MR) is 52.1 cm³/mol. The highest BCUT2D eigenvalue weighted by Gasteiger charge is 2.19. The van der Waals surface area contributed by atoms with E-state index < -0.39 is 17.4 Å². The van der Waals surface area contributed by atoms with Gasteiger partial charge in [-0.2, -0.15) is 0 Å². The van der Waals surface area contributed by atoms with Gasteiger partial charge in [-0.1, -0.05) is 6.08 Å². The van der Waals surface area contributed by atoms with Crippen molar-refractivity contribution < 1.29 is 18.3 Å². The second kappa shape index (κ2) is 4.68. The van der Waals surface area contributed by atoms with Crippen molar-refractivity contribution in [1.29, 1.82) is 0 Å². The van der Waals surface area contributed by atoms with Gasteiger partial charge in [-0.25, -0.2) is 8.78 Å². The smallest absolute Gasteiger partial charge is 0.192 e. The fraction of sp³-hybridized carbons (Fsp3) is 0.182. The van der Waals surface area contributed by atoms with E-state index in [9.17, 15) is 13.6 Å². The Labute approximate surface area is 86.2 Å². The fourth-order valence-corrected chi connectivity index (χ4v) is 1.20. The molecule has 0 aliphatic carbocycles. The summed E-state index contributed by atoms with van der Waals surface area (Å²) < 4.78 is 31.1. The van der Waals surface area contributed by atoms with Crippen molar-refractivity contribution in [2.24, 2.45) is 0 Å². The minimum Gasteiger partial charge on any atom is -0.493 e. The molecule has 0 amide bonds. The quantitative estimate of drug-likeness (QED) is 0.568. The van der Waals surface area contributed by atoms with E-state index in [0.29, 0.717) is 0 Å². The van der Waals surface area contributed by atoms with Crippen LogP contribution >= 0.6 is 0 Å². The number of carbonyl (C=O) groups is 1. The van der Waals surface area contributed by atoms with Crippen molar-refractivity contribution in [2.75, 3.05) is 7.11 Å². The Morgan fingerprint density at radius 1 is 1.33 bits per heavy atom. The molecule has 80 valence electrons. The Bertz CT molecular complexity index is 411. The van der Waals surface area contributed by atoms with Gasteiger partial charge in [0.15, 0.2) is 17.3 Å². The second-order valence-electron chi connectivity index (χ2n) is 2.80. The summed E-state index contributed by atoms with van der Waals surface area (Å²) in [6.07, 6.45) is 2.60. The number of ether oxygens (including phenoxy) is 1. The number of allylic oxidation sites excluding steroid dienone is 2. The molecule has 0 atom stereocenters. The number of benzene rings is 1. The summed E-state index contributed by atoms with van der Waals surface area (Å²) in [6, 6.07) is 1.81. The number of methoxy groups -OCH3 is 1. The summed E-state index contributed by atoms with van der Waals surface area (Å²) in [5.41, 5.74) is -0.379. The first-order valence-corrected chi connectivity index (χ1v) is 4.30. The standard InChI is InChI=1S/C11H10F2O2/c1-3-4-9(14)10-7(12)5-6-8(13)11(10)15-2/h3-6H,1-2H3/b4-3+. The Morgan fingerprint density at radius 2 is 1.93 bits per heavy atom. The molecule has 0 bridgehead atoms. The Balaban J connectivity index is 3.37. The topological polar surface area (TPSA) is 26.3 Å². The first-order chi connectivity index (χ1) is 7.11. The number of hydrogen-bond acceptors (Lipinski definition) is 2. The number of hydrogen-bond donors (Lipinski definition) is 0. The van der Waals surface area contributed by atoms with Crippen LogP contribution in [0.25, 0.3) is 0 Å². The zero-order valence-electron chi connectivity index (χ0n) is 8.38. The molecule has 0 saturated carbocycles. The lowest BCUT2D eigenvalue weighted by Crippen LogP contribution is -2.04. The van der Waals surface area contributed by atoms with E-state index in [1.165, 1.54) is 13.2 Å². The molecular weight excluding hydrogens is 202 g/mol. The van der Waals surface area contributed by atoms with Gasteiger partial charge in [0.25, 0.3) is 0 Å². The van der Waals surface area contributed by atoms with Crippen LogP contribution < -0.4 is 4.74 Å². The Morgan fingerprint density at radius 3 is 2.47 bits per heavy atom. The molecule has 2 nitrogen and oxygen atoms in total. The lowest BCUT2D eigenvalue weighted by atomic mass is 10.1. The van der Waals surface area contributed by atoms with E-state index in [0.717, 1.165) is 18.2 Å². The van der Waals surface area contributed by atoms with E-state index in [1.54, 1.807) is 6.92 Å². The summed E-state index contributed by atoms with van der Waals surface area (Å²) >= 11 is 0. The van der Waals surface area contributed by atoms with Gasteiger partial charge in [-0.3, -0.25) is 4.79 Å². The van der Waals surface area contributed by atoms with Crippen LogP contribution in [0, 0.1) is 11.6 Å². The maximum Gasteiger partial charge on any atom is 0.192 e. The molecule has 0 radical (unpaired) electrons. The molecule has 0 saturated heterocycles. The molecule has 0 N–H and O–H groups in total. The summed E-state index contributed by atoms with van der Waals surface area (Å²) in [6.45, 7) is 1.61. The molecule has 1 rings (SSSR count). The predicted octanol–water partition coefficient (Wildman–Crippen LogP) is 2.73. The van der Waals surface area contributed by atoms with Crippen LogP contribution in [0.15, 0.2) is 24.3 Å². The molecule has 0 aromatic heterocycles. The first kappa shape index (κ1) is 11.4. The largest absolute Gasteiger partial charge is 0.493 e.